The minimum absolute atomic E-state index is 0.0295. The van der Waals surface area contributed by atoms with Gasteiger partial charge in [0.15, 0.2) is 5.78 Å². The summed E-state index contributed by atoms with van der Waals surface area (Å²) in [6.07, 6.45) is 0. The summed E-state index contributed by atoms with van der Waals surface area (Å²) in [7, 11) is -2.52. The fourth-order valence-corrected chi connectivity index (χ4v) is 5.31. The van der Waals surface area contributed by atoms with Gasteiger partial charge in [-0.2, -0.15) is 4.31 Å². The lowest BCUT2D eigenvalue weighted by molar-refractivity contribution is -0.121. The van der Waals surface area contributed by atoms with Gasteiger partial charge in [0.25, 0.3) is 0 Å². The number of hydrogen-bond acceptors (Lipinski definition) is 5. The van der Waals surface area contributed by atoms with Crippen molar-refractivity contribution in [3.05, 3.63) is 87.6 Å². The van der Waals surface area contributed by atoms with Crippen molar-refractivity contribution in [2.45, 2.75) is 37.6 Å². The Balaban J connectivity index is 1.76. The summed E-state index contributed by atoms with van der Waals surface area (Å²) in [5.74, 6) is -0.155. The summed E-state index contributed by atoms with van der Waals surface area (Å²) in [4.78, 5) is 25.3. The van der Waals surface area contributed by atoms with E-state index in [1.165, 1.54) is 55.1 Å². The number of nitrogens with zero attached hydrogens (tertiary/aromatic N) is 1. The number of benzene rings is 2. The van der Waals surface area contributed by atoms with Crippen molar-refractivity contribution in [2.24, 2.45) is 0 Å². The van der Waals surface area contributed by atoms with Crippen molar-refractivity contribution >= 4 is 33.1 Å². The first-order valence-electron chi connectivity index (χ1n) is 10.6. The van der Waals surface area contributed by atoms with Crippen molar-refractivity contribution in [1.82, 2.24) is 9.62 Å². The van der Waals surface area contributed by atoms with E-state index in [4.69, 9.17) is 0 Å². The Morgan fingerprint density at radius 2 is 1.58 bits per heavy atom. The first-order valence-corrected chi connectivity index (χ1v) is 12.9. The maximum atomic E-state index is 12.9. The first-order chi connectivity index (χ1) is 15.6. The van der Waals surface area contributed by atoms with Gasteiger partial charge < -0.3 is 5.32 Å². The van der Waals surface area contributed by atoms with Gasteiger partial charge in [-0.1, -0.05) is 56.3 Å². The van der Waals surface area contributed by atoms with E-state index in [1.54, 1.807) is 0 Å². The average molecular weight is 485 g/mol. The van der Waals surface area contributed by atoms with Gasteiger partial charge in [0.05, 0.1) is 17.5 Å². The van der Waals surface area contributed by atoms with Crippen molar-refractivity contribution in [2.75, 3.05) is 13.6 Å². The maximum Gasteiger partial charge on any atom is 0.243 e. The standard InChI is InChI=1S/C25H28N2O4S2/c1-17(2)19-7-9-21(10-8-19)25(23-6-5-15-32-23)26-24(29)16-27(4)33(30,31)22-13-11-20(12-14-22)18(3)28/h5-15,17,25H,16H2,1-4H3,(H,26,29). The predicted octanol–water partition coefficient (Wildman–Crippen LogP) is 4.60. The van der Waals surface area contributed by atoms with Crippen LogP contribution in [0.15, 0.2) is 70.9 Å². The third-order valence-electron chi connectivity index (χ3n) is 5.40. The molecule has 1 N–H and O–H groups in total. The molecule has 1 heterocycles. The summed E-state index contributed by atoms with van der Waals surface area (Å²) in [6, 6.07) is 17.3. The number of hydrogen-bond donors (Lipinski definition) is 1. The molecule has 1 amide bonds. The highest BCUT2D eigenvalue weighted by Gasteiger charge is 2.25. The van der Waals surface area contributed by atoms with Gasteiger partial charge in [0.1, 0.15) is 0 Å². The lowest BCUT2D eigenvalue weighted by atomic mass is 9.98. The molecule has 0 fully saturated rings. The zero-order valence-corrected chi connectivity index (χ0v) is 20.7. The zero-order chi connectivity index (χ0) is 24.2. The van der Waals surface area contributed by atoms with Gasteiger partial charge in [0, 0.05) is 17.5 Å². The number of thiophene rings is 1. The van der Waals surface area contributed by atoms with Crippen molar-refractivity contribution in [3.8, 4) is 0 Å². The molecule has 0 saturated carbocycles. The highest BCUT2D eigenvalue weighted by atomic mass is 32.2. The number of carbonyl (C=O) groups excluding carboxylic acids is 2. The van der Waals surface area contributed by atoms with Gasteiger partial charge >= 0.3 is 0 Å². The molecular weight excluding hydrogens is 456 g/mol. The number of rotatable bonds is 9. The topological polar surface area (TPSA) is 83.6 Å². The van der Waals surface area contributed by atoms with Crippen LogP contribution >= 0.6 is 11.3 Å². The van der Waals surface area contributed by atoms with E-state index in [-0.39, 0.29) is 23.3 Å². The van der Waals surface area contributed by atoms with Crippen LogP contribution in [0.25, 0.3) is 0 Å². The Morgan fingerprint density at radius 1 is 0.970 bits per heavy atom. The van der Waals surface area contributed by atoms with E-state index in [1.807, 2.05) is 41.8 Å². The van der Waals surface area contributed by atoms with E-state index < -0.39 is 15.9 Å². The molecule has 0 saturated heterocycles. The molecule has 6 nitrogen and oxygen atoms in total. The van der Waals surface area contributed by atoms with Crippen LogP contribution in [0, 0.1) is 0 Å². The van der Waals surface area contributed by atoms with Crippen molar-refractivity contribution < 1.29 is 18.0 Å². The summed E-state index contributed by atoms with van der Waals surface area (Å²) in [5, 5.41) is 4.93. The monoisotopic (exact) mass is 484 g/mol. The molecular formula is C25H28N2O4S2. The summed E-state index contributed by atoms with van der Waals surface area (Å²) in [5.41, 5.74) is 2.56. The van der Waals surface area contributed by atoms with Gasteiger partial charge in [-0.05, 0) is 47.5 Å². The van der Waals surface area contributed by atoms with Crippen molar-refractivity contribution in [3.63, 3.8) is 0 Å². The third kappa shape index (κ3) is 5.96. The molecule has 8 heteroatoms. The molecule has 0 aliphatic rings. The number of ketones is 1. The number of amides is 1. The quantitative estimate of drug-likeness (QED) is 0.450. The Bertz CT molecular complexity index is 1200. The van der Waals surface area contributed by atoms with Gasteiger partial charge in [-0.3, -0.25) is 9.59 Å². The van der Waals surface area contributed by atoms with Gasteiger partial charge in [0.2, 0.25) is 15.9 Å². The summed E-state index contributed by atoms with van der Waals surface area (Å²) < 4.78 is 26.8. The second-order valence-corrected chi connectivity index (χ2v) is 11.2. The summed E-state index contributed by atoms with van der Waals surface area (Å²) in [6.45, 7) is 5.33. The Labute approximate surface area is 199 Å². The second kappa shape index (κ2) is 10.4. The Hall–Kier alpha value is -2.81. The molecule has 0 bridgehead atoms. The normalized spacial score (nSPS) is 12.7. The number of likely N-dealkylation sites (N-methyl/N-ethyl adjacent to an activating group) is 1. The van der Waals surface area contributed by atoms with E-state index in [2.05, 4.69) is 19.2 Å². The molecule has 174 valence electrons. The second-order valence-electron chi connectivity index (χ2n) is 8.18. The van der Waals surface area contributed by atoms with Crippen LogP contribution in [-0.4, -0.2) is 38.0 Å². The molecule has 1 atom stereocenters. The lowest BCUT2D eigenvalue weighted by Crippen LogP contribution is -2.40. The largest absolute Gasteiger partial charge is 0.343 e. The van der Waals surface area contributed by atoms with Crippen LogP contribution in [0.5, 0.6) is 0 Å². The third-order valence-corrected chi connectivity index (χ3v) is 8.16. The molecule has 0 spiro atoms. The van der Waals surface area contributed by atoms with Crippen LogP contribution in [-0.2, 0) is 14.8 Å². The molecule has 1 aromatic heterocycles. The first kappa shape index (κ1) is 24.8. The predicted molar refractivity (Wildman–Crippen MR) is 131 cm³/mol. The fraction of sp³-hybridized carbons (Fsp3) is 0.280. The van der Waals surface area contributed by atoms with Gasteiger partial charge in [-0.15, -0.1) is 11.3 Å². The van der Waals surface area contributed by atoms with Crippen LogP contribution in [0.2, 0.25) is 0 Å². The molecule has 1 unspecified atom stereocenters. The minimum Gasteiger partial charge on any atom is -0.343 e. The number of carbonyl (C=O) groups is 2. The van der Waals surface area contributed by atoms with E-state index in [0.717, 1.165) is 14.7 Å². The molecule has 3 aromatic rings. The Kier molecular flexibility index (Phi) is 7.84. The highest BCUT2D eigenvalue weighted by Crippen LogP contribution is 2.27. The van der Waals surface area contributed by atoms with Gasteiger partial charge in [-0.25, -0.2) is 8.42 Å². The molecule has 3 rings (SSSR count). The van der Waals surface area contributed by atoms with Crippen LogP contribution in [0.3, 0.4) is 0 Å². The maximum absolute atomic E-state index is 12.9. The highest BCUT2D eigenvalue weighted by molar-refractivity contribution is 7.89. The van der Waals surface area contributed by atoms with E-state index in [9.17, 15) is 18.0 Å². The Morgan fingerprint density at radius 3 is 2.09 bits per heavy atom. The molecule has 0 aliphatic carbocycles. The molecule has 33 heavy (non-hydrogen) atoms. The average Bonchev–Trinajstić information content (AvgIpc) is 3.32. The zero-order valence-electron chi connectivity index (χ0n) is 19.1. The smallest absolute Gasteiger partial charge is 0.243 e. The SMILES string of the molecule is CC(=O)c1ccc(S(=O)(=O)N(C)CC(=O)NC(c2ccc(C(C)C)cc2)c2cccs2)cc1. The van der Waals surface area contributed by atoms with Crippen molar-refractivity contribution in [1.29, 1.82) is 0 Å². The van der Waals surface area contributed by atoms with E-state index >= 15 is 0 Å². The summed E-state index contributed by atoms with van der Waals surface area (Å²) >= 11 is 1.53. The number of Topliss-reactive ketones (excluding diaryl/α,β-unsaturated/α-hetero) is 1. The number of nitrogens with one attached hydrogen (secondary N) is 1. The number of sulfonamides is 1. The van der Waals surface area contributed by atoms with Crippen LogP contribution < -0.4 is 5.32 Å². The fourth-order valence-electron chi connectivity index (χ4n) is 3.38. The molecule has 0 aliphatic heterocycles. The minimum atomic E-state index is -3.88. The van der Waals surface area contributed by atoms with E-state index in [0.29, 0.717) is 11.5 Å². The molecule has 0 radical (unpaired) electrons. The van der Waals surface area contributed by atoms with Crippen LogP contribution in [0.1, 0.15) is 59.1 Å². The van der Waals surface area contributed by atoms with Crippen LogP contribution in [0.4, 0.5) is 0 Å². The lowest BCUT2D eigenvalue weighted by Gasteiger charge is -2.22. The molecule has 2 aromatic carbocycles.